The van der Waals surface area contributed by atoms with Crippen LogP contribution in [0, 0.1) is 3.57 Å². The average molecular weight is 351 g/mol. The zero-order valence-corrected chi connectivity index (χ0v) is 11.6. The Balaban J connectivity index is 1.99. The van der Waals surface area contributed by atoms with E-state index in [1.54, 1.807) is 24.4 Å². The van der Waals surface area contributed by atoms with Crippen molar-refractivity contribution in [3.63, 3.8) is 0 Å². The third kappa shape index (κ3) is 3.96. The molecule has 2 rings (SSSR count). The van der Waals surface area contributed by atoms with Crippen molar-refractivity contribution in [3.8, 4) is 5.75 Å². The molecule has 0 spiro atoms. The Morgan fingerprint density at radius 3 is 2.89 bits per heavy atom. The number of nitrogens with zero attached hydrogens (tertiary/aromatic N) is 1. The topological polar surface area (TPSA) is 39.2 Å². The van der Waals surface area contributed by atoms with Crippen LogP contribution in [0.2, 0.25) is 0 Å². The average Bonchev–Trinajstić information content (AvgIpc) is 2.38. The summed E-state index contributed by atoms with van der Waals surface area (Å²) in [5.41, 5.74) is 0.963. The molecule has 0 bridgehead atoms. The molecule has 2 aromatic rings. The molecule has 0 saturated heterocycles. The minimum absolute atomic E-state index is 0.415. The van der Waals surface area contributed by atoms with E-state index in [0.717, 1.165) is 9.13 Å². The summed E-state index contributed by atoms with van der Waals surface area (Å²) in [7, 11) is 0. The van der Waals surface area contributed by atoms with Gasteiger partial charge in [-0.1, -0.05) is 12.1 Å². The monoisotopic (exact) mass is 351 g/mol. The number of carbonyl (C=O) groups is 1. The van der Waals surface area contributed by atoms with Crippen molar-refractivity contribution in [3.05, 3.63) is 64.0 Å². The predicted octanol–water partition coefficient (Wildman–Crippen LogP) is 3.31. The normalized spacial score (nSPS) is 10.5. The first-order valence-corrected chi connectivity index (χ1v) is 6.37. The van der Waals surface area contributed by atoms with Gasteiger partial charge in [0.05, 0.1) is 6.20 Å². The van der Waals surface area contributed by atoms with Crippen LogP contribution < -0.4 is 4.74 Å². The largest absolute Gasteiger partial charge is 0.422 e. The van der Waals surface area contributed by atoms with Gasteiger partial charge in [-0.05, 0) is 58.5 Å². The Hall–Kier alpha value is -1.69. The molecule has 4 heteroatoms. The quantitative estimate of drug-likeness (QED) is 0.484. The van der Waals surface area contributed by atoms with E-state index in [1.807, 2.05) is 24.3 Å². The van der Waals surface area contributed by atoms with Gasteiger partial charge in [-0.3, -0.25) is 4.98 Å². The molecule has 1 aromatic heterocycles. The van der Waals surface area contributed by atoms with E-state index >= 15 is 0 Å². The Labute approximate surface area is 119 Å². The lowest BCUT2D eigenvalue weighted by atomic mass is 10.2. The van der Waals surface area contributed by atoms with Gasteiger partial charge >= 0.3 is 5.97 Å². The zero-order chi connectivity index (χ0) is 12.8. The number of ether oxygens (including phenoxy) is 1. The molecule has 0 aliphatic rings. The second-order valence-corrected chi connectivity index (χ2v) is 4.74. The molecule has 0 aliphatic carbocycles. The third-order valence-corrected chi connectivity index (χ3v) is 2.78. The van der Waals surface area contributed by atoms with Gasteiger partial charge in [-0.15, -0.1) is 0 Å². The number of halogens is 1. The summed E-state index contributed by atoms with van der Waals surface area (Å²) in [6, 6.07) is 11.2. The van der Waals surface area contributed by atoms with E-state index in [9.17, 15) is 4.79 Å². The first kappa shape index (κ1) is 12.8. The lowest BCUT2D eigenvalue weighted by molar-refractivity contribution is -0.128. The molecule has 0 radical (unpaired) electrons. The minimum Gasteiger partial charge on any atom is -0.422 e. The fourth-order valence-corrected chi connectivity index (χ4v) is 1.90. The summed E-state index contributed by atoms with van der Waals surface area (Å²) >= 11 is 2.22. The Bertz CT molecular complexity index is 567. The van der Waals surface area contributed by atoms with Gasteiger partial charge in [-0.25, -0.2) is 4.79 Å². The van der Waals surface area contributed by atoms with Gasteiger partial charge < -0.3 is 4.74 Å². The number of aromatic nitrogens is 1. The van der Waals surface area contributed by atoms with Crippen molar-refractivity contribution < 1.29 is 9.53 Å². The zero-order valence-electron chi connectivity index (χ0n) is 9.42. The van der Waals surface area contributed by atoms with Crippen LogP contribution in [0.25, 0.3) is 6.08 Å². The van der Waals surface area contributed by atoms with Gasteiger partial charge in [-0.2, -0.15) is 0 Å². The van der Waals surface area contributed by atoms with Gasteiger partial charge in [0.2, 0.25) is 0 Å². The van der Waals surface area contributed by atoms with Crippen molar-refractivity contribution in [2.75, 3.05) is 0 Å². The summed E-state index contributed by atoms with van der Waals surface area (Å²) in [6.45, 7) is 0. The second-order valence-electron chi connectivity index (χ2n) is 3.50. The highest BCUT2D eigenvalue weighted by Gasteiger charge is 1.99. The highest BCUT2D eigenvalue weighted by Crippen LogP contribution is 2.10. The highest BCUT2D eigenvalue weighted by molar-refractivity contribution is 14.1. The molecule has 0 amide bonds. The van der Waals surface area contributed by atoms with E-state index in [4.69, 9.17) is 4.74 Å². The van der Waals surface area contributed by atoms with Crippen LogP contribution in [0.5, 0.6) is 5.75 Å². The van der Waals surface area contributed by atoms with Crippen LogP contribution in [0.15, 0.2) is 54.9 Å². The first-order chi connectivity index (χ1) is 8.74. The number of rotatable bonds is 3. The predicted molar refractivity (Wildman–Crippen MR) is 78.1 cm³/mol. The smallest absolute Gasteiger partial charge is 0.336 e. The summed E-state index contributed by atoms with van der Waals surface area (Å²) in [5.74, 6) is 0.0247. The van der Waals surface area contributed by atoms with Gasteiger partial charge in [0.1, 0.15) is 5.75 Å². The highest BCUT2D eigenvalue weighted by atomic mass is 127. The molecule has 0 saturated carbocycles. The number of esters is 1. The Morgan fingerprint density at radius 2 is 2.17 bits per heavy atom. The standard InChI is InChI=1S/C14H10INO2/c15-12-4-1-3-11(9-12)6-7-14(17)18-13-5-2-8-16-10-13/h1-10H. The maximum absolute atomic E-state index is 11.5. The van der Waals surface area contributed by atoms with Crippen LogP contribution in [0.4, 0.5) is 0 Å². The number of hydrogen-bond acceptors (Lipinski definition) is 3. The lowest BCUT2D eigenvalue weighted by Crippen LogP contribution is -2.03. The SMILES string of the molecule is O=C(C=Cc1cccc(I)c1)Oc1cccnc1. The van der Waals surface area contributed by atoms with Gasteiger partial charge in [0.15, 0.2) is 0 Å². The van der Waals surface area contributed by atoms with Crippen LogP contribution in [-0.2, 0) is 4.79 Å². The molecule has 1 aromatic carbocycles. The van der Waals surface area contributed by atoms with Crippen LogP contribution in [0.1, 0.15) is 5.56 Å². The fraction of sp³-hybridized carbons (Fsp3) is 0. The number of carbonyl (C=O) groups excluding carboxylic acids is 1. The van der Waals surface area contributed by atoms with Crippen molar-refractivity contribution in [2.45, 2.75) is 0 Å². The van der Waals surface area contributed by atoms with E-state index in [1.165, 1.54) is 12.3 Å². The number of benzene rings is 1. The summed E-state index contributed by atoms with van der Waals surface area (Å²) < 4.78 is 6.20. The molecule has 1 heterocycles. The van der Waals surface area contributed by atoms with Crippen LogP contribution in [0.3, 0.4) is 0 Å². The summed E-state index contributed by atoms with van der Waals surface area (Å²) in [5, 5.41) is 0. The molecule has 0 N–H and O–H groups in total. The molecule has 0 aliphatic heterocycles. The van der Waals surface area contributed by atoms with Crippen LogP contribution >= 0.6 is 22.6 Å². The van der Waals surface area contributed by atoms with Crippen molar-refractivity contribution >= 4 is 34.6 Å². The number of hydrogen-bond donors (Lipinski definition) is 0. The maximum atomic E-state index is 11.5. The van der Waals surface area contributed by atoms with Crippen LogP contribution in [-0.4, -0.2) is 11.0 Å². The minimum atomic E-state index is -0.415. The molecule has 90 valence electrons. The lowest BCUT2D eigenvalue weighted by Gasteiger charge is -1.99. The summed E-state index contributed by atoms with van der Waals surface area (Å²) in [6.07, 6.45) is 6.25. The van der Waals surface area contributed by atoms with E-state index in [2.05, 4.69) is 27.6 Å². The molecule has 3 nitrogen and oxygen atoms in total. The number of pyridine rings is 1. The van der Waals surface area contributed by atoms with Crippen molar-refractivity contribution in [2.24, 2.45) is 0 Å². The fourth-order valence-electron chi connectivity index (χ4n) is 1.33. The van der Waals surface area contributed by atoms with E-state index in [-0.39, 0.29) is 0 Å². The first-order valence-electron chi connectivity index (χ1n) is 5.29. The van der Waals surface area contributed by atoms with Gasteiger partial charge in [0.25, 0.3) is 0 Å². The summed E-state index contributed by atoms with van der Waals surface area (Å²) in [4.78, 5) is 15.4. The Kier molecular flexibility index (Phi) is 4.46. The van der Waals surface area contributed by atoms with Crippen molar-refractivity contribution in [1.82, 2.24) is 4.98 Å². The van der Waals surface area contributed by atoms with E-state index < -0.39 is 5.97 Å². The van der Waals surface area contributed by atoms with Gasteiger partial charge in [0, 0.05) is 15.8 Å². The molecule has 18 heavy (non-hydrogen) atoms. The molecule has 0 unspecified atom stereocenters. The molecular formula is C14H10INO2. The molecule has 0 atom stereocenters. The Morgan fingerprint density at radius 1 is 1.28 bits per heavy atom. The maximum Gasteiger partial charge on any atom is 0.336 e. The third-order valence-electron chi connectivity index (χ3n) is 2.11. The molecular weight excluding hydrogens is 341 g/mol. The van der Waals surface area contributed by atoms with Crippen molar-refractivity contribution in [1.29, 1.82) is 0 Å². The second kappa shape index (κ2) is 6.30. The van der Waals surface area contributed by atoms with E-state index in [0.29, 0.717) is 5.75 Å². The molecule has 0 fully saturated rings.